The summed E-state index contributed by atoms with van der Waals surface area (Å²) in [6, 6.07) is 3.39. The molecule has 0 saturated carbocycles. The Labute approximate surface area is 81.2 Å². The highest BCUT2D eigenvalue weighted by atomic mass is 19.3. The number of H-pyrrole nitrogens is 1. The molecule has 0 saturated heterocycles. The second-order valence-corrected chi connectivity index (χ2v) is 2.91. The standard InChI is InChI=1S/C9H5F2NO3/c10-7(11)4-1-2-6-5(3-4)8(13)15-9(14)12-6/h1-3,7H,(H,12,14). The average Bonchev–Trinajstić information content (AvgIpc) is 2.16. The van der Waals surface area contributed by atoms with Crippen molar-refractivity contribution >= 4 is 10.9 Å². The zero-order valence-corrected chi connectivity index (χ0v) is 7.29. The number of aromatic nitrogens is 1. The number of hydrogen-bond acceptors (Lipinski definition) is 3. The molecular weight excluding hydrogens is 208 g/mol. The van der Waals surface area contributed by atoms with Crippen LogP contribution < -0.4 is 11.4 Å². The molecule has 6 heteroatoms. The van der Waals surface area contributed by atoms with Crippen LogP contribution in [0.1, 0.15) is 12.0 Å². The van der Waals surface area contributed by atoms with Crippen LogP contribution in [-0.2, 0) is 0 Å². The Morgan fingerprint density at radius 1 is 1.27 bits per heavy atom. The summed E-state index contributed by atoms with van der Waals surface area (Å²) in [5, 5.41) is -0.0626. The van der Waals surface area contributed by atoms with Gasteiger partial charge in [-0.05, 0) is 12.1 Å². The fourth-order valence-corrected chi connectivity index (χ4v) is 1.25. The van der Waals surface area contributed by atoms with E-state index in [1.54, 1.807) is 0 Å². The molecule has 0 aliphatic rings. The van der Waals surface area contributed by atoms with E-state index in [1.807, 2.05) is 0 Å². The molecular formula is C9H5F2NO3. The Hall–Kier alpha value is -1.98. The molecule has 78 valence electrons. The van der Waals surface area contributed by atoms with Gasteiger partial charge in [-0.25, -0.2) is 18.4 Å². The summed E-state index contributed by atoms with van der Waals surface area (Å²) in [6.45, 7) is 0. The second kappa shape index (κ2) is 3.30. The number of aromatic amines is 1. The van der Waals surface area contributed by atoms with Crippen LogP contribution in [0, 0.1) is 0 Å². The molecule has 0 amide bonds. The molecule has 2 rings (SSSR count). The molecule has 0 bridgehead atoms. The Morgan fingerprint density at radius 3 is 2.67 bits per heavy atom. The summed E-state index contributed by atoms with van der Waals surface area (Å²) in [7, 11) is 0. The summed E-state index contributed by atoms with van der Waals surface area (Å²) in [6.07, 6.45) is -2.67. The third kappa shape index (κ3) is 1.65. The number of benzene rings is 1. The maximum atomic E-state index is 12.3. The second-order valence-electron chi connectivity index (χ2n) is 2.91. The van der Waals surface area contributed by atoms with Crippen molar-refractivity contribution in [1.29, 1.82) is 0 Å². The topological polar surface area (TPSA) is 63.1 Å². The van der Waals surface area contributed by atoms with Crippen LogP contribution in [0.25, 0.3) is 10.9 Å². The van der Waals surface area contributed by atoms with Gasteiger partial charge in [0.25, 0.3) is 6.43 Å². The highest BCUT2D eigenvalue weighted by Crippen LogP contribution is 2.20. The molecule has 15 heavy (non-hydrogen) atoms. The van der Waals surface area contributed by atoms with E-state index < -0.39 is 17.8 Å². The van der Waals surface area contributed by atoms with E-state index in [2.05, 4.69) is 9.40 Å². The van der Waals surface area contributed by atoms with Crippen LogP contribution in [-0.4, -0.2) is 4.98 Å². The Bertz CT molecular complexity index is 615. The van der Waals surface area contributed by atoms with Gasteiger partial charge in [0, 0.05) is 5.56 Å². The zero-order valence-electron chi connectivity index (χ0n) is 7.29. The van der Waals surface area contributed by atoms with Crippen molar-refractivity contribution in [3.63, 3.8) is 0 Å². The number of fused-ring (bicyclic) bond motifs is 1. The number of alkyl halides is 2. The summed E-state index contributed by atoms with van der Waals surface area (Å²) in [5.74, 6) is -0.905. The summed E-state index contributed by atoms with van der Waals surface area (Å²) in [5.41, 5.74) is -1.03. The van der Waals surface area contributed by atoms with Gasteiger partial charge in [-0.15, -0.1) is 0 Å². The van der Waals surface area contributed by atoms with Crippen molar-refractivity contribution in [3.8, 4) is 0 Å². The predicted molar refractivity (Wildman–Crippen MR) is 48.1 cm³/mol. The van der Waals surface area contributed by atoms with Gasteiger partial charge in [-0.3, -0.25) is 4.98 Å². The monoisotopic (exact) mass is 213 g/mol. The molecule has 0 spiro atoms. The number of halogens is 2. The van der Waals surface area contributed by atoms with Gasteiger partial charge in [0.1, 0.15) is 0 Å². The van der Waals surface area contributed by atoms with Crippen LogP contribution in [0.3, 0.4) is 0 Å². The van der Waals surface area contributed by atoms with Crippen molar-refractivity contribution < 1.29 is 13.2 Å². The first kappa shape index (κ1) is 9.57. The van der Waals surface area contributed by atoms with E-state index in [0.717, 1.165) is 12.1 Å². The maximum absolute atomic E-state index is 12.3. The van der Waals surface area contributed by atoms with E-state index in [1.165, 1.54) is 6.07 Å². The lowest BCUT2D eigenvalue weighted by atomic mass is 10.1. The van der Waals surface area contributed by atoms with Gasteiger partial charge in [-0.2, -0.15) is 0 Å². The van der Waals surface area contributed by atoms with Gasteiger partial charge in [0.2, 0.25) is 0 Å². The molecule has 0 unspecified atom stereocenters. The minimum Gasteiger partial charge on any atom is -0.372 e. The highest BCUT2D eigenvalue weighted by Gasteiger charge is 2.10. The van der Waals surface area contributed by atoms with Crippen molar-refractivity contribution in [2.45, 2.75) is 6.43 Å². The van der Waals surface area contributed by atoms with E-state index >= 15 is 0 Å². The normalized spacial score (nSPS) is 11.1. The Balaban J connectivity index is 2.83. The quantitative estimate of drug-likeness (QED) is 0.779. The van der Waals surface area contributed by atoms with Gasteiger partial charge in [0.15, 0.2) is 0 Å². The Morgan fingerprint density at radius 2 is 2.00 bits per heavy atom. The van der Waals surface area contributed by atoms with Crippen molar-refractivity contribution in [3.05, 3.63) is 44.7 Å². The lowest BCUT2D eigenvalue weighted by Crippen LogP contribution is -2.14. The first-order valence-electron chi connectivity index (χ1n) is 4.03. The zero-order chi connectivity index (χ0) is 11.0. The summed E-state index contributed by atoms with van der Waals surface area (Å²) >= 11 is 0. The minimum atomic E-state index is -2.67. The molecule has 0 atom stereocenters. The molecule has 1 heterocycles. The molecule has 0 aliphatic heterocycles. The fraction of sp³-hybridized carbons (Fsp3) is 0.111. The number of rotatable bonds is 1. The van der Waals surface area contributed by atoms with Crippen LogP contribution in [0.15, 0.2) is 32.2 Å². The molecule has 2 aromatic rings. The molecule has 1 aromatic carbocycles. The summed E-state index contributed by atoms with van der Waals surface area (Å²) < 4.78 is 28.8. The highest BCUT2D eigenvalue weighted by molar-refractivity contribution is 5.77. The molecule has 0 fully saturated rings. The lowest BCUT2D eigenvalue weighted by Gasteiger charge is -2.00. The molecule has 0 aliphatic carbocycles. The molecule has 1 aromatic heterocycles. The molecule has 0 radical (unpaired) electrons. The maximum Gasteiger partial charge on any atom is 0.419 e. The van der Waals surface area contributed by atoms with Crippen molar-refractivity contribution in [2.75, 3.05) is 0 Å². The molecule has 1 N–H and O–H groups in total. The van der Waals surface area contributed by atoms with Crippen LogP contribution in [0.5, 0.6) is 0 Å². The summed E-state index contributed by atoms with van der Waals surface area (Å²) in [4.78, 5) is 24.1. The van der Waals surface area contributed by atoms with Crippen molar-refractivity contribution in [1.82, 2.24) is 4.98 Å². The van der Waals surface area contributed by atoms with E-state index in [-0.39, 0.29) is 16.5 Å². The van der Waals surface area contributed by atoms with Crippen LogP contribution in [0.2, 0.25) is 0 Å². The van der Waals surface area contributed by atoms with E-state index in [0.29, 0.717) is 0 Å². The third-order valence-corrected chi connectivity index (χ3v) is 1.94. The van der Waals surface area contributed by atoms with Gasteiger partial charge >= 0.3 is 11.4 Å². The van der Waals surface area contributed by atoms with Crippen molar-refractivity contribution in [2.24, 2.45) is 0 Å². The smallest absolute Gasteiger partial charge is 0.372 e. The third-order valence-electron chi connectivity index (χ3n) is 1.94. The SMILES string of the molecule is O=c1[nH]c2ccc(C(F)F)cc2c(=O)o1. The van der Waals surface area contributed by atoms with E-state index in [4.69, 9.17) is 0 Å². The number of nitrogens with one attached hydrogen (secondary N) is 1. The first-order valence-corrected chi connectivity index (χ1v) is 4.03. The minimum absolute atomic E-state index is 0.0626. The van der Waals surface area contributed by atoms with E-state index in [9.17, 15) is 18.4 Å². The number of hydrogen-bond donors (Lipinski definition) is 1. The lowest BCUT2D eigenvalue weighted by molar-refractivity contribution is 0.151. The largest absolute Gasteiger partial charge is 0.419 e. The first-order chi connectivity index (χ1) is 7.08. The Kier molecular flexibility index (Phi) is 2.11. The average molecular weight is 213 g/mol. The fourth-order valence-electron chi connectivity index (χ4n) is 1.25. The predicted octanol–water partition coefficient (Wildman–Crippen LogP) is 1.42. The van der Waals surface area contributed by atoms with Crippen LogP contribution >= 0.6 is 0 Å². The molecule has 4 nitrogen and oxygen atoms in total. The van der Waals surface area contributed by atoms with Gasteiger partial charge < -0.3 is 4.42 Å². The van der Waals surface area contributed by atoms with Gasteiger partial charge in [0.05, 0.1) is 10.9 Å². The van der Waals surface area contributed by atoms with Gasteiger partial charge in [-0.1, -0.05) is 6.07 Å². The van der Waals surface area contributed by atoms with Crippen LogP contribution in [0.4, 0.5) is 8.78 Å².